The Labute approximate surface area is 194 Å². The molecule has 0 N–H and O–H groups in total. The van der Waals surface area contributed by atoms with Gasteiger partial charge >= 0.3 is 0 Å². The zero-order chi connectivity index (χ0) is 22.7. The number of halogens is 1. The average molecular weight is 453 g/mol. The van der Waals surface area contributed by atoms with Crippen LogP contribution in [0, 0.1) is 12.8 Å². The van der Waals surface area contributed by atoms with Crippen molar-refractivity contribution in [3.63, 3.8) is 0 Å². The zero-order valence-electron chi connectivity index (χ0n) is 18.8. The molecule has 0 spiro atoms. The average Bonchev–Trinajstić information content (AvgIpc) is 3.26. The van der Waals surface area contributed by atoms with Crippen molar-refractivity contribution in [2.75, 3.05) is 18.0 Å². The summed E-state index contributed by atoms with van der Waals surface area (Å²) in [5, 5.41) is 4.74. The van der Waals surface area contributed by atoms with Crippen LogP contribution < -0.4 is 4.90 Å². The number of aryl methyl sites for hydroxylation is 1. The Morgan fingerprint density at radius 3 is 2.59 bits per heavy atom. The molecule has 2 heterocycles. The van der Waals surface area contributed by atoms with Crippen LogP contribution >= 0.6 is 11.6 Å². The number of hydrogen-bond acceptors (Lipinski definition) is 5. The van der Waals surface area contributed by atoms with Gasteiger partial charge in [-0.1, -0.05) is 34.5 Å². The lowest BCUT2D eigenvalue weighted by Crippen LogP contribution is -2.47. The Balaban J connectivity index is 1.46. The van der Waals surface area contributed by atoms with Gasteiger partial charge in [-0.05, 0) is 70.0 Å². The number of hydrogen-bond donors (Lipinski definition) is 0. The van der Waals surface area contributed by atoms with Crippen molar-refractivity contribution in [3.8, 4) is 11.4 Å². The molecule has 6 nitrogen and oxygen atoms in total. The largest absolute Gasteiger partial charge is 0.371 e. The van der Waals surface area contributed by atoms with Gasteiger partial charge in [0.15, 0.2) is 0 Å². The van der Waals surface area contributed by atoms with Crippen molar-refractivity contribution in [1.82, 2.24) is 15.0 Å². The highest BCUT2D eigenvalue weighted by atomic mass is 35.5. The van der Waals surface area contributed by atoms with E-state index >= 15 is 0 Å². The van der Waals surface area contributed by atoms with Crippen molar-refractivity contribution in [2.24, 2.45) is 5.92 Å². The summed E-state index contributed by atoms with van der Waals surface area (Å²) >= 11 is 5.96. The van der Waals surface area contributed by atoms with Gasteiger partial charge in [-0.2, -0.15) is 4.98 Å². The molecule has 1 aromatic heterocycles. The Kier molecular flexibility index (Phi) is 6.80. The molecule has 3 aromatic rings. The Morgan fingerprint density at radius 2 is 1.91 bits per heavy atom. The fourth-order valence-corrected chi connectivity index (χ4v) is 4.23. The monoisotopic (exact) mass is 452 g/mol. The summed E-state index contributed by atoms with van der Waals surface area (Å²) in [5.74, 6) is 1.02. The number of amides is 1. The lowest BCUT2D eigenvalue weighted by Gasteiger charge is -2.37. The molecular weight excluding hydrogens is 424 g/mol. The predicted octanol–water partition coefficient (Wildman–Crippen LogP) is 5.35. The van der Waals surface area contributed by atoms with E-state index < -0.39 is 0 Å². The molecule has 7 heteroatoms. The first kappa shape index (κ1) is 22.3. The van der Waals surface area contributed by atoms with E-state index in [1.807, 2.05) is 30.9 Å². The number of aromatic nitrogens is 2. The summed E-state index contributed by atoms with van der Waals surface area (Å²) in [5.41, 5.74) is 3.24. The lowest BCUT2D eigenvalue weighted by molar-refractivity contribution is -0.138. The molecule has 0 radical (unpaired) electrons. The van der Waals surface area contributed by atoms with E-state index in [1.165, 1.54) is 11.3 Å². The number of carbonyl (C=O) groups excluding carboxylic acids is 1. The highest BCUT2D eigenvalue weighted by molar-refractivity contribution is 6.30. The van der Waals surface area contributed by atoms with E-state index in [0.29, 0.717) is 23.3 Å². The van der Waals surface area contributed by atoms with E-state index in [4.69, 9.17) is 16.1 Å². The number of carbonyl (C=O) groups is 1. The third-order valence-corrected chi connectivity index (χ3v) is 6.20. The third kappa shape index (κ3) is 5.13. The van der Waals surface area contributed by atoms with Crippen LogP contribution in [0.25, 0.3) is 11.4 Å². The maximum atomic E-state index is 13.5. The fourth-order valence-electron chi connectivity index (χ4n) is 4.10. The van der Waals surface area contributed by atoms with E-state index in [1.54, 1.807) is 12.1 Å². The van der Waals surface area contributed by atoms with Gasteiger partial charge in [0.25, 0.3) is 0 Å². The number of piperidine rings is 1. The van der Waals surface area contributed by atoms with Gasteiger partial charge in [0.1, 0.15) is 6.54 Å². The van der Waals surface area contributed by atoms with Crippen LogP contribution in [0.5, 0.6) is 0 Å². The molecule has 4 rings (SSSR count). The molecule has 1 amide bonds. The Bertz CT molecular complexity index is 1050. The van der Waals surface area contributed by atoms with Gasteiger partial charge < -0.3 is 14.3 Å². The first-order valence-corrected chi connectivity index (χ1v) is 11.5. The molecule has 0 bridgehead atoms. The van der Waals surface area contributed by atoms with Gasteiger partial charge in [-0.25, -0.2) is 0 Å². The Hall–Kier alpha value is -2.86. The summed E-state index contributed by atoms with van der Waals surface area (Å²) in [6.45, 7) is 8.14. The highest BCUT2D eigenvalue weighted by Crippen LogP contribution is 2.26. The first-order chi connectivity index (χ1) is 15.4. The molecule has 0 unspecified atom stereocenters. The zero-order valence-corrected chi connectivity index (χ0v) is 19.5. The predicted molar refractivity (Wildman–Crippen MR) is 127 cm³/mol. The number of benzene rings is 2. The molecule has 2 aromatic carbocycles. The van der Waals surface area contributed by atoms with E-state index in [-0.39, 0.29) is 17.9 Å². The van der Waals surface area contributed by atoms with E-state index in [9.17, 15) is 4.79 Å². The van der Waals surface area contributed by atoms with Crippen LogP contribution in [0.15, 0.2) is 53.1 Å². The molecule has 1 atom stereocenters. The number of nitrogens with zero attached hydrogens (tertiary/aromatic N) is 4. The van der Waals surface area contributed by atoms with Gasteiger partial charge in [0, 0.05) is 35.4 Å². The third-order valence-electron chi connectivity index (χ3n) is 5.95. The molecule has 32 heavy (non-hydrogen) atoms. The fraction of sp³-hybridized carbons (Fsp3) is 0.400. The molecule has 168 valence electrons. The van der Waals surface area contributed by atoms with Crippen molar-refractivity contribution in [2.45, 2.75) is 46.2 Å². The lowest BCUT2D eigenvalue weighted by atomic mass is 9.95. The van der Waals surface area contributed by atoms with Gasteiger partial charge in [0.2, 0.25) is 17.6 Å². The molecule has 0 saturated carbocycles. The van der Waals surface area contributed by atoms with Gasteiger partial charge in [-0.3, -0.25) is 4.79 Å². The second-order valence-electron chi connectivity index (χ2n) is 8.70. The minimum absolute atomic E-state index is 0.0307. The number of rotatable bonds is 6. The minimum Gasteiger partial charge on any atom is -0.371 e. The van der Waals surface area contributed by atoms with Crippen molar-refractivity contribution in [3.05, 3.63) is 65.0 Å². The molecular formula is C25H29ClN4O2. The van der Waals surface area contributed by atoms with Crippen molar-refractivity contribution >= 4 is 23.2 Å². The van der Waals surface area contributed by atoms with E-state index in [2.05, 4.69) is 46.2 Å². The van der Waals surface area contributed by atoms with Gasteiger partial charge in [0.05, 0.1) is 5.92 Å². The van der Waals surface area contributed by atoms with Crippen LogP contribution in [0.3, 0.4) is 0 Å². The minimum atomic E-state index is -0.0499. The first-order valence-electron chi connectivity index (χ1n) is 11.1. The molecule has 1 fully saturated rings. The maximum Gasteiger partial charge on any atom is 0.246 e. The van der Waals surface area contributed by atoms with Crippen LogP contribution in [-0.2, 0) is 11.3 Å². The Morgan fingerprint density at radius 1 is 1.19 bits per heavy atom. The normalized spacial score (nSPS) is 16.4. The molecule has 0 aliphatic carbocycles. The van der Waals surface area contributed by atoms with Crippen LogP contribution in [-0.4, -0.2) is 40.1 Å². The SMILES string of the molecule is Cc1ccc(N2CCC[C@H](C(=O)N(Cc3nc(-c4ccc(Cl)cc4)no3)C(C)C)C2)cc1. The van der Waals surface area contributed by atoms with Crippen molar-refractivity contribution in [1.29, 1.82) is 0 Å². The van der Waals surface area contributed by atoms with Crippen LogP contribution in [0.1, 0.15) is 38.1 Å². The summed E-state index contributed by atoms with van der Waals surface area (Å²) in [6.07, 6.45) is 1.89. The van der Waals surface area contributed by atoms with Crippen LogP contribution in [0.2, 0.25) is 5.02 Å². The summed E-state index contributed by atoms with van der Waals surface area (Å²) in [7, 11) is 0. The quantitative estimate of drug-likeness (QED) is 0.504. The highest BCUT2D eigenvalue weighted by Gasteiger charge is 2.31. The van der Waals surface area contributed by atoms with E-state index in [0.717, 1.165) is 31.5 Å². The molecule has 1 aliphatic rings. The second-order valence-corrected chi connectivity index (χ2v) is 9.14. The topological polar surface area (TPSA) is 62.5 Å². The maximum absolute atomic E-state index is 13.5. The van der Waals surface area contributed by atoms with Crippen molar-refractivity contribution < 1.29 is 9.32 Å². The summed E-state index contributed by atoms with van der Waals surface area (Å²) < 4.78 is 5.47. The summed E-state index contributed by atoms with van der Waals surface area (Å²) in [6, 6.07) is 15.8. The number of anilines is 1. The van der Waals surface area contributed by atoms with Gasteiger partial charge in [-0.15, -0.1) is 0 Å². The van der Waals surface area contributed by atoms with Crippen LogP contribution in [0.4, 0.5) is 5.69 Å². The summed E-state index contributed by atoms with van der Waals surface area (Å²) in [4.78, 5) is 22.2. The second kappa shape index (κ2) is 9.74. The smallest absolute Gasteiger partial charge is 0.246 e. The molecule has 1 aliphatic heterocycles. The standard InChI is InChI=1S/C25H29ClN4O2/c1-17(2)30(16-23-27-24(28-32-23)19-8-10-21(26)11-9-19)25(31)20-5-4-14-29(15-20)22-12-6-18(3)7-13-22/h6-13,17,20H,4-5,14-16H2,1-3H3/t20-/m0/s1. The molecule has 1 saturated heterocycles.